The van der Waals surface area contributed by atoms with Gasteiger partial charge in [-0.1, -0.05) is 0 Å². The number of benzene rings is 1. The van der Waals surface area contributed by atoms with Crippen LogP contribution in [0.5, 0.6) is 0 Å². The highest BCUT2D eigenvalue weighted by Gasteiger charge is 2.37. The van der Waals surface area contributed by atoms with E-state index in [-0.39, 0.29) is 28.2 Å². The second-order valence-corrected chi connectivity index (χ2v) is 8.63. The van der Waals surface area contributed by atoms with Crippen LogP contribution >= 0.6 is 11.3 Å². The first-order chi connectivity index (χ1) is 16.3. The summed E-state index contributed by atoms with van der Waals surface area (Å²) in [4.78, 5) is 21.4. The first-order valence-electron chi connectivity index (χ1n) is 10.4. The summed E-state index contributed by atoms with van der Waals surface area (Å²) in [5.74, 6) is -0.367. The Morgan fingerprint density at radius 1 is 1.21 bits per heavy atom. The molecule has 5 N–H and O–H groups in total. The number of halogens is 3. The van der Waals surface area contributed by atoms with E-state index in [0.29, 0.717) is 35.1 Å². The van der Waals surface area contributed by atoms with Crippen molar-refractivity contribution in [2.45, 2.75) is 31.9 Å². The molecule has 0 spiro atoms. The second kappa shape index (κ2) is 8.20. The number of rotatable bonds is 4. The lowest BCUT2D eigenvalue weighted by atomic mass is 9.84. The van der Waals surface area contributed by atoms with Crippen molar-refractivity contribution in [3.05, 3.63) is 51.6 Å². The predicted molar refractivity (Wildman–Crippen MR) is 123 cm³/mol. The molecule has 0 radical (unpaired) electrons. The number of nitrogens with one attached hydrogen (secondary N) is 3. The third-order valence-electron chi connectivity index (χ3n) is 5.83. The Hall–Kier alpha value is -3.80. The molecule has 12 heteroatoms. The molecule has 0 unspecified atom stereocenters. The zero-order valence-corrected chi connectivity index (χ0v) is 18.4. The predicted octanol–water partition coefficient (Wildman–Crippen LogP) is 4.57. The Morgan fingerprint density at radius 2 is 1.97 bits per heavy atom. The van der Waals surface area contributed by atoms with E-state index in [2.05, 4.69) is 20.4 Å². The number of aryl methyl sites for hydroxylation is 1. The Kier molecular flexibility index (Phi) is 5.31. The minimum absolute atomic E-state index is 0.123. The maximum atomic E-state index is 13.6. The van der Waals surface area contributed by atoms with Crippen molar-refractivity contribution in [1.29, 1.82) is 5.41 Å². The van der Waals surface area contributed by atoms with Crippen LogP contribution in [0.4, 0.5) is 24.7 Å². The van der Waals surface area contributed by atoms with E-state index in [1.807, 2.05) is 5.10 Å². The van der Waals surface area contributed by atoms with Gasteiger partial charge in [0.25, 0.3) is 5.91 Å². The quantitative estimate of drug-likeness (QED) is 0.248. The number of carbonyl (C=O) groups excluding carboxylic acids is 1. The van der Waals surface area contributed by atoms with Crippen LogP contribution < -0.4 is 11.1 Å². The average molecular weight is 485 g/mol. The van der Waals surface area contributed by atoms with Crippen LogP contribution in [0, 0.1) is 5.41 Å². The van der Waals surface area contributed by atoms with Crippen LogP contribution in [-0.2, 0) is 23.8 Å². The Morgan fingerprint density at radius 3 is 2.68 bits per heavy atom. The van der Waals surface area contributed by atoms with Gasteiger partial charge in [-0.2, -0.15) is 18.3 Å². The number of nitrogens with two attached hydrogens (primary N) is 1. The van der Waals surface area contributed by atoms with E-state index in [1.54, 1.807) is 17.0 Å². The molecule has 0 aliphatic heterocycles. The summed E-state index contributed by atoms with van der Waals surface area (Å²) in [6.07, 6.45) is -0.804. The molecule has 0 saturated carbocycles. The van der Waals surface area contributed by atoms with Gasteiger partial charge in [-0.05, 0) is 48.9 Å². The highest BCUT2D eigenvalue weighted by molar-refractivity contribution is 7.07. The molecule has 0 bridgehead atoms. The van der Waals surface area contributed by atoms with Crippen molar-refractivity contribution in [2.24, 2.45) is 0 Å². The summed E-state index contributed by atoms with van der Waals surface area (Å²) >= 11 is 1.30. The van der Waals surface area contributed by atoms with Gasteiger partial charge in [-0.15, -0.1) is 11.3 Å². The number of fused-ring (bicyclic) bond motifs is 3. The highest BCUT2D eigenvalue weighted by atomic mass is 32.1. The number of anilines is 2. The number of pyridine rings is 1. The fourth-order valence-electron chi connectivity index (χ4n) is 4.38. The maximum absolute atomic E-state index is 13.6. The highest BCUT2D eigenvalue weighted by Crippen LogP contribution is 2.41. The third kappa shape index (κ3) is 3.69. The minimum Gasteiger partial charge on any atom is -0.398 e. The maximum Gasteiger partial charge on any atom is 0.433 e. The van der Waals surface area contributed by atoms with Crippen LogP contribution in [-0.4, -0.2) is 31.8 Å². The SMILES string of the molecule is N=C(C(=O)Nc1cscn1)c1c(N)ccc2nc(-c3cn[nH]c3C(F)(F)F)c3c(c12)CCCC3. The number of nitrogens with zero attached hydrogens (tertiary/aromatic N) is 3. The molecule has 1 amide bonds. The van der Waals surface area contributed by atoms with Crippen molar-refractivity contribution >= 4 is 45.4 Å². The van der Waals surface area contributed by atoms with Gasteiger partial charge in [0, 0.05) is 22.0 Å². The molecule has 8 nitrogen and oxygen atoms in total. The zero-order valence-electron chi connectivity index (χ0n) is 17.6. The first kappa shape index (κ1) is 22.0. The smallest absolute Gasteiger partial charge is 0.398 e. The molecule has 174 valence electrons. The van der Waals surface area contributed by atoms with Gasteiger partial charge in [-0.25, -0.2) is 9.97 Å². The van der Waals surface area contributed by atoms with E-state index in [1.165, 1.54) is 17.4 Å². The fourth-order valence-corrected chi connectivity index (χ4v) is 4.86. The molecule has 5 rings (SSSR count). The molecule has 0 saturated heterocycles. The van der Waals surface area contributed by atoms with Crippen molar-refractivity contribution in [3.8, 4) is 11.3 Å². The number of hydrogen-bond donors (Lipinski definition) is 4. The van der Waals surface area contributed by atoms with Crippen LogP contribution in [0.3, 0.4) is 0 Å². The van der Waals surface area contributed by atoms with Gasteiger partial charge in [-0.3, -0.25) is 15.3 Å². The lowest BCUT2D eigenvalue weighted by Crippen LogP contribution is -2.25. The number of aromatic nitrogens is 4. The number of aromatic amines is 1. The third-order valence-corrected chi connectivity index (χ3v) is 6.42. The molecule has 4 aromatic rings. The van der Waals surface area contributed by atoms with Crippen LogP contribution in [0.1, 0.15) is 35.2 Å². The number of hydrogen-bond acceptors (Lipinski definition) is 7. The molecule has 0 atom stereocenters. The molecular weight excluding hydrogens is 467 g/mol. The Labute approximate surface area is 194 Å². The molecule has 1 aliphatic rings. The van der Waals surface area contributed by atoms with Gasteiger partial charge in [0.2, 0.25) is 0 Å². The van der Waals surface area contributed by atoms with Gasteiger partial charge < -0.3 is 11.1 Å². The van der Waals surface area contributed by atoms with Crippen LogP contribution in [0.15, 0.2) is 29.2 Å². The lowest BCUT2D eigenvalue weighted by Gasteiger charge is -2.23. The number of alkyl halides is 3. The topological polar surface area (TPSA) is 133 Å². The summed E-state index contributed by atoms with van der Waals surface area (Å²) in [5.41, 5.74) is 8.74. The van der Waals surface area contributed by atoms with Gasteiger partial charge in [0.1, 0.15) is 17.2 Å². The summed E-state index contributed by atoms with van der Waals surface area (Å²) in [7, 11) is 0. The van der Waals surface area contributed by atoms with E-state index < -0.39 is 17.8 Å². The summed E-state index contributed by atoms with van der Waals surface area (Å²) in [6, 6.07) is 3.11. The van der Waals surface area contributed by atoms with Crippen LogP contribution in [0.2, 0.25) is 0 Å². The normalized spacial score (nSPS) is 13.6. The zero-order chi connectivity index (χ0) is 24.0. The molecule has 3 heterocycles. The fraction of sp³-hybridized carbons (Fsp3) is 0.227. The van der Waals surface area contributed by atoms with Gasteiger partial charge in [0.15, 0.2) is 0 Å². The molecule has 0 fully saturated rings. The van der Waals surface area contributed by atoms with E-state index >= 15 is 0 Å². The molecule has 34 heavy (non-hydrogen) atoms. The molecule has 3 aromatic heterocycles. The minimum atomic E-state index is -4.62. The molecule has 1 aromatic carbocycles. The van der Waals surface area contributed by atoms with Crippen molar-refractivity contribution in [3.63, 3.8) is 0 Å². The van der Waals surface area contributed by atoms with Crippen molar-refractivity contribution in [1.82, 2.24) is 20.2 Å². The summed E-state index contributed by atoms with van der Waals surface area (Å²) in [5, 5.41) is 19.0. The van der Waals surface area contributed by atoms with Crippen LogP contribution in [0.25, 0.3) is 22.2 Å². The second-order valence-electron chi connectivity index (χ2n) is 7.91. The Balaban J connectivity index is 1.71. The first-order valence-corrected chi connectivity index (χ1v) is 11.3. The standard InChI is InChI=1S/C22H18F3N7OS/c23-22(24,25)20-12(7-29-32-20)19-11-4-2-1-3-10(11)16-14(30-19)6-5-13(26)17(16)18(27)21(33)31-15-8-34-9-28-15/h5-9,27H,1-4,26H2,(H,29,32)(H,31,33). The van der Waals surface area contributed by atoms with Crippen molar-refractivity contribution in [2.75, 3.05) is 11.1 Å². The number of amides is 1. The summed E-state index contributed by atoms with van der Waals surface area (Å²) in [6.45, 7) is 0. The van der Waals surface area contributed by atoms with Gasteiger partial charge >= 0.3 is 6.18 Å². The van der Waals surface area contributed by atoms with Crippen molar-refractivity contribution < 1.29 is 18.0 Å². The number of carbonyl (C=O) groups is 1. The number of thiazole rings is 1. The van der Waals surface area contributed by atoms with Gasteiger partial charge in [0.05, 0.1) is 28.5 Å². The monoisotopic (exact) mass is 485 g/mol. The largest absolute Gasteiger partial charge is 0.433 e. The number of nitrogen functional groups attached to an aromatic ring is 1. The Bertz CT molecular complexity index is 1430. The summed E-state index contributed by atoms with van der Waals surface area (Å²) < 4.78 is 40.8. The van der Waals surface area contributed by atoms with E-state index in [9.17, 15) is 18.0 Å². The number of H-pyrrole nitrogens is 1. The average Bonchev–Trinajstić information content (AvgIpc) is 3.50. The molecular formula is C22H18F3N7OS. The van der Waals surface area contributed by atoms with E-state index in [0.717, 1.165) is 24.6 Å². The molecule has 1 aliphatic carbocycles. The van der Waals surface area contributed by atoms with E-state index in [4.69, 9.17) is 11.1 Å². The lowest BCUT2D eigenvalue weighted by molar-refractivity contribution is -0.140.